The highest BCUT2D eigenvalue weighted by molar-refractivity contribution is 5.85. The number of piperidine rings is 1. The highest BCUT2D eigenvalue weighted by Crippen LogP contribution is 2.38. The van der Waals surface area contributed by atoms with Crippen LogP contribution in [0, 0.1) is 11.8 Å². The number of nitrogens with zero attached hydrogens (tertiary/aromatic N) is 2. The van der Waals surface area contributed by atoms with Crippen LogP contribution in [0.2, 0.25) is 0 Å². The molecule has 0 aromatic heterocycles. The van der Waals surface area contributed by atoms with E-state index in [-0.39, 0.29) is 23.9 Å². The van der Waals surface area contributed by atoms with Gasteiger partial charge in [-0.2, -0.15) is 0 Å². The molecule has 1 heterocycles. The van der Waals surface area contributed by atoms with Gasteiger partial charge in [0.2, 0.25) is 0 Å². The highest BCUT2D eigenvalue weighted by atomic mass is 16.1. The molecule has 1 aliphatic rings. The number of hydrogen-bond donors (Lipinski definition) is 1. The Labute approximate surface area is 163 Å². The minimum atomic E-state index is -0.0393. The summed E-state index contributed by atoms with van der Waals surface area (Å²) in [5, 5.41) is 3.77. The molecule has 4 nitrogen and oxygen atoms in total. The van der Waals surface area contributed by atoms with Crippen molar-refractivity contribution in [2.45, 2.75) is 25.9 Å². The van der Waals surface area contributed by atoms with Crippen LogP contribution < -0.4 is 15.1 Å². The first-order valence-electron chi connectivity index (χ1n) is 9.64. The summed E-state index contributed by atoms with van der Waals surface area (Å²) in [5.74, 6) is 0.252. The van der Waals surface area contributed by atoms with Crippen LogP contribution >= 0.6 is 0 Å². The Hall–Kier alpha value is -2.33. The maximum Gasteiger partial charge on any atom is 0.142 e. The molecule has 27 heavy (non-hydrogen) atoms. The van der Waals surface area contributed by atoms with E-state index in [9.17, 15) is 4.79 Å². The summed E-state index contributed by atoms with van der Waals surface area (Å²) in [4.78, 5) is 17.2. The lowest BCUT2D eigenvalue weighted by Crippen LogP contribution is -2.46. The smallest absolute Gasteiger partial charge is 0.142 e. The third-order valence-corrected chi connectivity index (χ3v) is 5.79. The Kier molecular flexibility index (Phi) is 5.56. The normalized spacial score (nSPS) is 25.3. The van der Waals surface area contributed by atoms with Crippen molar-refractivity contribution in [1.29, 1.82) is 0 Å². The Bertz CT molecular complexity index is 715. The number of Topliss-reactive ketones (excluding diaryl/α,β-unsaturated/α-hetero) is 1. The lowest BCUT2D eigenvalue weighted by Gasteiger charge is -2.39. The van der Waals surface area contributed by atoms with Crippen molar-refractivity contribution in [2.24, 2.45) is 11.8 Å². The quantitative estimate of drug-likeness (QED) is 0.887. The van der Waals surface area contributed by atoms with Crippen molar-refractivity contribution < 1.29 is 4.79 Å². The van der Waals surface area contributed by atoms with Crippen LogP contribution in [0.15, 0.2) is 48.5 Å². The molecule has 3 rings (SSSR count). The van der Waals surface area contributed by atoms with Crippen molar-refractivity contribution in [3.63, 3.8) is 0 Å². The number of carbonyl (C=O) groups is 1. The van der Waals surface area contributed by atoms with Gasteiger partial charge in [-0.05, 0) is 35.4 Å². The van der Waals surface area contributed by atoms with Crippen molar-refractivity contribution in [2.75, 3.05) is 38.0 Å². The summed E-state index contributed by atoms with van der Waals surface area (Å²) in [6.07, 6.45) is 0. The highest BCUT2D eigenvalue weighted by Gasteiger charge is 2.40. The zero-order chi connectivity index (χ0) is 19.7. The summed E-state index contributed by atoms with van der Waals surface area (Å²) in [6.45, 7) is 4.09. The van der Waals surface area contributed by atoms with Crippen molar-refractivity contribution >= 4 is 17.2 Å². The molecule has 0 bridgehead atoms. The summed E-state index contributed by atoms with van der Waals surface area (Å²) in [7, 11) is 8.15. The maximum absolute atomic E-state index is 13.0. The Morgan fingerprint density at radius 2 is 1.00 bits per heavy atom. The molecular formula is C23H31N3O. The van der Waals surface area contributed by atoms with Crippen LogP contribution in [0.25, 0.3) is 0 Å². The van der Waals surface area contributed by atoms with Gasteiger partial charge in [0.15, 0.2) is 0 Å². The second kappa shape index (κ2) is 7.73. The fourth-order valence-corrected chi connectivity index (χ4v) is 3.95. The second-order valence-electron chi connectivity index (χ2n) is 8.07. The molecule has 144 valence electrons. The Morgan fingerprint density at radius 3 is 1.30 bits per heavy atom. The van der Waals surface area contributed by atoms with E-state index in [4.69, 9.17) is 0 Å². The molecule has 0 saturated carbocycles. The largest absolute Gasteiger partial charge is 0.378 e. The fourth-order valence-electron chi connectivity index (χ4n) is 3.95. The first-order chi connectivity index (χ1) is 12.8. The van der Waals surface area contributed by atoms with Gasteiger partial charge in [0.25, 0.3) is 0 Å². The Balaban J connectivity index is 1.89. The monoisotopic (exact) mass is 365 g/mol. The molecule has 0 radical (unpaired) electrons. The van der Waals surface area contributed by atoms with Gasteiger partial charge in [-0.3, -0.25) is 4.79 Å². The van der Waals surface area contributed by atoms with E-state index in [2.05, 4.69) is 63.6 Å². The average molecular weight is 366 g/mol. The molecule has 1 fully saturated rings. The van der Waals surface area contributed by atoms with Gasteiger partial charge in [-0.25, -0.2) is 0 Å². The van der Waals surface area contributed by atoms with Crippen LogP contribution in [0.5, 0.6) is 0 Å². The van der Waals surface area contributed by atoms with E-state index in [1.165, 1.54) is 11.1 Å². The maximum atomic E-state index is 13.0. The Morgan fingerprint density at radius 1 is 0.667 bits per heavy atom. The molecule has 0 aliphatic carbocycles. The molecular weight excluding hydrogens is 334 g/mol. The lowest BCUT2D eigenvalue weighted by molar-refractivity contribution is -0.130. The first-order valence-corrected chi connectivity index (χ1v) is 9.64. The van der Waals surface area contributed by atoms with Crippen molar-refractivity contribution in [1.82, 2.24) is 5.32 Å². The predicted molar refractivity (Wildman–Crippen MR) is 113 cm³/mol. The standard InChI is InChI=1S/C23H31N3O/c1-15-21(17-7-11-19(12-8-17)25(3)4)24-22(16(2)23(15)27)18-9-13-20(14-10-18)26(5)6/h7-16,21-22,24H,1-6H3/t15-,16+,21-,22+. The van der Waals surface area contributed by atoms with E-state index >= 15 is 0 Å². The number of benzene rings is 2. The molecule has 4 heteroatoms. The minimum Gasteiger partial charge on any atom is -0.378 e. The zero-order valence-corrected chi connectivity index (χ0v) is 17.2. The molecule has 1 aliphatic heterocycles. The molecule has 0 spiro atoms. The fraction of sp³-hybridized carbons (Fsp3) is 0.435. The SMILES string of the molecule is C[C@@H]1C(=O)[C@H](C)[C@H](c2ccc(N(C)C)cc2)N[C@@H]1c1ccc(N(C)C)cc1. The van der Waals surface area contributed by atoms with Gasteiger partial charge in [0.05, 0.1) is 0 Å². The van der Waals surface area contributed by atoms with Crippen LogP contribution in [-0.4, -0.2) is 34.0 Å². The van der Waals surface area contributed by atoms with E-state index in [1.54, 1.807) is 0 Å². The summed E-state index contributed by atoms with van der Waals surface area (Å²) in [6, 6.07) is 17.1. The van der Waals surface area contributed by atoms with E-state index in [0.29, 0.717) is 5.78 Å². The topological polar surface area (TPSA) is 35.6 Å². The third-order valence-electron chi connectivity index (χ3n) is 5.79. The zero-order valence-electron chi connectivity index (χ0n) is 17.2. The number of carbonyl (C=O) groups excluding carboxylic acids is 1. The molecule has 4 atom stereocenters. The van der Waals surface area contributed by atoms with Gasteiger partial charge in [0, 0.05) is 63.5 Å². The molecule has 1 N–H and O–H groups in total. The van der Waals surface area contributed by atoms with Crippen LogP contribution in [0.3, 0.4) is 0 Å². The lowest BCUT2D eigenvalue weighted by atomic mass is 9.76. The van der Waals surface area contributed by atoms with Gasteiger partial charge < -0.3 is 15.1 Å². The molecule has 2 aromatic carbocycles. The third kappa shape index (κ3) is 3.86. The second-order valence-corrected chi connectivity index (χ2v) is 8.07. The minimum absolute atomic E-state index is 0.0310. The van der Waals surface area contributed by atoms with E-state index < -0.39 is 0 Å². The molecule has 1 saturated heterocycles. The van der Waals surface area contributed by atoms with Gasteiger partial charge in [0.1, 0.15) is 5.78 Å². The van der Waals surface area contributed by atoms with Crippen LogP contribution in [-0.2, 0) is 4.79 Å². The molecule has 0 unspecified atom stereocenters. The summed E-state index contributed by atoms with van der Waals surface area (Å²) >= 11 is 0. The van der Waals surface area contributed by atoms with Gasteiger partial charge in [-0.15, -0.1) is 0 Å². The number of hydrogen-bond acceptors (Lipinski definition) is 4. The van der Waals surface area contributed by atoms with Crippen LogP contribution in [0.1, 0.15) is 37.1 Å². The molecule has 2 aromatic rings. The number of rotatable bonds is 4. The number of ketones is 1. The predicted octanol–water partition coefficient (Wildman–Crippen LogP) is 4.05. The number of nitrogens with one attached hydrogen (secondary N) is 1. The number of anilines is 2. The van der Waals surface area contributed by atoms with E-state index in [1.807, 2.05) is 42.0 Å². The van der Waals surface area contributed by atoms with Gasteiger partial charge in [-0.1, -0.05) is 38.1 Å². The van der Waals surface area contributed by atoms with Crippen molar-refractivity contribution in [3.8, 4) is 0 Å². The summed E-state index contributed by atoms with van der Waals surface area (Å²) in [5.41, 5.74) is 4.67. The van der Waals surface area contributed by atoms with Crippen LogP contribution in [0.4, 0.5) is 11.4 Å². The van der Waals surface area contributed by atoms with Crippen molar-refractivity contribution in [3.05, 3.63) is 59.7 Å². The summed E-state index contributed by atoms with van der Waals surface area (Å²) < 4.78 is 0. The van der Waals surface area contributed by atoms with Gasteiger partial charge >= 0.3 is 0 Å². The molecule has 0 amide bonds. The average Bonchev–Trinajstić information content (AvgIpc) is 2.66. The van der Waals surface area contributed by atoms with E-state index in [0.717, 1.165) is 11.4 Å². The first kappa shape index (κ1) is 19.4.